The van der Waals surface area contributed by atoms with Crippen molar-refractivity contribution in [2.45, 2.75) is 26.1 Å². The van der Waals surface area contributed by atoms with Crippen LogP contribution in [0.4, 0.5) is 6.01 Å². The summed E-state index contributed by atoms with van der Waals surface area (Å²) in [7, 11) is 0. The molecular weight excluding hydrogens is 244 g/mol. The monoisotopic (exact) mass is 260 g/mol. The summed E-state index contributed by atoms with van der Waals surface area (Å²) < 4.78 is 5.12. The first-order valence-corrected chi connectivity index (χ1v) is 6.04. The van der Waals surface area contributed by atoms with Gasteiger partial charge in [-0.3, -0.25) is 4.79 Å². The van der Waals surface area contributed by atoms with Gasteiger partial charge in [0.2, 0.25) is 11.8 Å². The highest BCUT2D eigenvalue weighted by Crippen LogP contribution is 2.06. The third kappa shape index (κ3) is 5.53. The fourth-order valence-corrected chi connectivity index (χ4v) is 1.18. The summed E-state index contributed by atoms with van der Waals surface area (Å²) in [5, 5.41) is 13.1. The zero-order valence-corrected chi connectivity index (χ0v) is 10.8. The minimum Gasteiger partial charge on any atom is -0.407 e. The molecule has 1 rings (SSSR count). The van der Waals surface area contributed by atoms with E-state index in [4.69, 9.17) is 16.0 Å². The van der Waals surface area contributed by atoms with Gasteiger partial charge in [-0.2, -0.15) is 0 Å². The topological polar surface area (TPSA) is 80.0 Å². The largest absolute Gasteiger partial charge is 0.407 e. The van der Waals surface area contributed by atoms with E-state index >= 15 is 0 Å². The average molecular weight is 261 g/mol. The quantitative estimate of drug-likeness (QED) is 0.724. The van der Waals surface area contributed by atoms with Crippen molar-refractivity contribution in [1.82, 2.24) is 15.5 Å². The summed E-state index contributed by atoms with van der Waals surface area (Å²) in [6.45, 7) is 5.24. The normalized spacial score (nSPS) is 10.6. The number of anilines is 1. The fraction of sp³-hybridized carbons (Fsp3) is 0.700. The zero-order valence-electron chi connectivity index (χ0n) is 9.99. The second kappa shape index (κ2) is 7.11. The molecule has 1 aromatic heterocycles. The molecule has 0 aliphatic carbocycles. The Kier molecular flexibility index (Phi) is 5.76. The van der Waals surface area contributed by atoms with E-state index in [1.54, 1.807) is 0 Å². The number of nitrogens with zero attached hydrogens (tertiary/aromatic N) is 2. The van der Waals surface area contributed by atoms with Gasteiger partial charge in [0.15, 0.2) is 0 Å². The Balaban J connectivity index is 2.16. The summed E-state index contributed by atoms with van der Waals surface area (Å²) in [6, 6.07) is 0.289. The lowest BCUT2D eigenvalue weighted by atomic mass is 10.2. The smallest absolute Gasteiger partial charge is 0.315 e. The number of rotatable bonds is 7. The van der Waals surface area contributed by atoms with E-state index in [1.807, 2.05) is 13.8 Å². The van der Waals surface area contributed by atoms with Gasteiger partial charge < -0.3 is 15.1 Å². The summed E-state index contributed by atoms with van der Waals surface area (Å²) >= 11 is 5.51. The van der Waals surface area contributed by atoms with Crippen LogP contribution >= 0.6 is 11.6 Å². The van der Waals surface area contributed by atoms with Crippen LogP contribution in [-0.2, 0) is 10.7 Å². The van der Waals surface area contributed by atoms with Crippen LogP contribution in [0, 0.1) is 5.92 Å². The van der Waals surface area contributed by atoms with Crippen molar-refractivity contribution < 1.29 is 9.21 Å². The molecule has 0 saturated heterocycles. The molecule has 0 fully saturated rings. The van der Waals surface area contributed by atoms with Gasteiger partial charge in [0.1, 0.15) is 5.88 Å². The zero-order chi connectivity index (χ0) is 12.7. The van der Waals surface area contributed by atoms with E-state index < -0.39 is 0 Å². The number of hydrogen-bond acceptors (Lipinski definition) is 5. The molecule has 0 unspecified atom stereocenters. The molecule has 1 amide bonds. The molecule has 0 bridgehead atoms. The molecule has 96 valence electrons. The van der Waals surface area contributed by atoms with Gasteiger partial charge in [-0.05, 0) is 5.92 Å². The number of carbonyl (C=O) groups is 1. The van der Waals surface area contributed by atoms with Crippen molar-refractivity contribution in [2.75, 3.05) is 18.4 Å². The number of nitrogens with one attached hydrogen (secondary N) is 2. The van der Waals surface area contributed by atoms with E-state index in [0.29, 0.717) is 31.3 Å². The number of carbonyl (C=O) groups excluding carboxylic acids is 1. The summed E-state index contributed by atoms with van der Waals surface area (Å²) in [4.78, 5) is 11.4. The van der Waals surface area contributed by atoms with Crippen molar-refractivity contribution in [2.24, 2.45) is 5.92 Å². The Bertz CT molecular complexity index is 354. The number of aromatic nitrogens is 2. The maximum Gasteiger partial charge on any atom is 0.315 e. The third-order valence-electron chi connectivity index (χ3n) is 1.92. The third-order valence-corrected chi connectivity index (χ3v) is 2.15. The summed E-state index contributed by atoms with van der Waals surface area (Å²) in [5.74, 6) is 1.000. The molecule has 0 atom stereocenters. The van der Waals surface area contributed by atoms with Gasteiger partial charge >= 0.3 is 6.01 Å². The Morgan fingerprint density at radius 1 is 1.47 bits per heavy atom. The molecule has 6 nitrogen and oxygen atoms in total. The number of halogens is 1. The van der Waals surface area contributed by atoms with Crippen LogP contribution in [0.3, 0.4) is 0 Å². The van der Waals surface area contributed by atoms with Crippen molar-refractivity contribution in [1.29, 1.82) is 0 Å². The fourth-order valence-electron chi connectivity index (χ4n) is 1.07. The van der Waals surface area contributed by atoms with Crippen molar-refractivity contribution in [3.05, 3.63) is 5.89 Å². The minimum absolute atomic E-state index is 0.00304. The highest BCUT2D eigenvalue weighted by atomic mass is 35.5. The standard InChI is InChI=1S/C10H17ClN4O2/c1-7(2)6-13-8(16)3-4-12-10-15-14-9(5-11)17-10/h7H,3-6H2,1-2H3,(H,12,15)(H,13,16). The molecule has 0 aliphatic heterocycles. The molecule has 0 saturated carbocycles. The van der Waals surface area contributed by atoms with E-state index in [-0.39, 0.29) is 17.8 Å². The van der Waals surface area contributed by atoms with Gasteiger partial charge in [-0.25, -0.2) is 0 Å². The molecule has 2 N–H and O–H groups in total. The van der Waals surface area contributed by atoms with Crippen LogP contribution in [-0.4, -0.2) is 29.2 Å². The van der Waals surface area contributed by atoms with Crippen molar-refractivity contribution in [3.8, 4) is 0 Å². The highest BCUT2D eigenvalue weighted by Gasteiger charge is 2.05. The van der Waals surface area contributed by atoms with E-state index in [1.165, 1.54) is 0 Å². The van der Waals surface area contributed by atoms with E-state index in [2.05, 4.69) is 20.8 Å². The van der Waals surface area contributed by atoms with Gasteiger partial charge in [-0.15, -0.1) is 16.7 Å². The van der Waals surface area contributed by atoms with Crippen molar-refractivity contribution in [3.63, 3.8) is 0 Å². The van der Waals surface area contributed by atoms with Crippen LogP contribution in [0.25, 0.3) is 0 Å². The maximum atomic E-state index is 11.4. The molecule has 0 radical (unpaired) electrons. The SMILES string of the molecule is CC(C)CNC(=O)CCNc1nnc(CCl)o1. The molecule has 0 aliphatic rings. The second-order valence-electron chi connectivity index (χ2n) is 4.01. The number of alkyl halides is 1. The van der Waals surface area contributed by atoms with Gasteiger partial charge in [0.05, 0.1) is 0 Å². The highest BCUT2D eigenvalue weighted by molar-refractivity contribution is 6.16. The molecule has 0 spiro atoms. The summed E-state index contributed by atoms with van der Waals surface area (Å²) in [5.41, 5.74) is 0. The first kappa shape index (κ1) is 13.8. The lowest BCUT2D eigenvalue weighted by Crippen LogP contribution is -2.28. The molecule has 17 heavy (non-hydrogen) atoms. The van der Waals surface area contributed by atoms with Gasteiger partial charge in [-0.1, -0.05) is 18.9 Å². The van der Waals surface area contributed by atoms with Gasteiger partial charge in [0.25, 0.3) is 0 Å². The Labute approximate surface area is 105 Å². The number of hydrogen-bond donors (Lipinski definition) is 2. The Morgan fingerprint density at radius 3 is 2.82 bits per heavy atom. The minimum atomic E-state index is 0.00304. The predicted octanol–water partition coefficient (Wildman–Crippen LogP) is 1.38. The molecule has 1 aromatic rings. The molecule has 0 aromatic carbocycles. The van der Waals surface area contributed by atoms with Crippen LogP contribution in [0.2, 0.25) is 0 Å². The predicted molar refractivity (Wildman–Crippen MR) is 64.8 cm³/mol. The lowest BCUT2D eigenvalue weighted by molar-refractivity contribution is -0.120. The van der Waals surface area contributed by atoms with Crippen LogP contribution < -0.4 is 10.6 Å². The van der Waals surface area contributed by atoms with Gasteiger partial charge in [0, 0.05) is 19.5 Å². The second-order valence-corrected chi connectivity index (χ2v) is 4.28. The van der Waals surface area contributed by atoms with Crippen LogP contribution in [0.5, 0.6) is 0 Å². The first-order chi connectivity index (χ1) is 8.11. The van der Waals surface area contributed by atoms with Crippen molar-refractivity contribution >= 4 is 23.5 Å². The Hall–Kier alpha value is -1.30. The molecular formula is C10H17ClN4O2. The molecule has 7 heteroatoms. The first-order valence-electron chi connectivity index (χ1n) is 5.50. The average Bonchev–Trinajstić information content (AvgIpc) is 2.74. The van der Waals surface area contributed by atoms with Crippen LogP contribution in [0.15, 0.2) is 4.42 Å². The summed E-state index contributed by atoms with van der Waals surface area (Å²) in [6.07, 6.45) is 0.366. The molecule has 1 heterocycles. The lowest BCUT2D eigenvalue weighted by Gasteiger charge is -2.07. The maximum absolute atomic E-state index is 11.4. The number of amides is 1. The van der Waals surface area contributed by atoms with Crippen LogP contribution in [0.1, 0.15) is 26.2 Å². The van der Waals surface area contributed by atoms with E-state index in [9.17, 15) is 4.79 Å². The Morgan fingerprint density at radius 2 is 2.24 bits per heavy atom. The van der Waals surface area contributed by atoms with E-state index in [0.717, 1.165) is 0 Å².